The van der Waals surface area contributed by atoms with Gasteiger partial charge in [-0.15, -0.1) is 0 Å². The number of methoxy groups -OCH3 is 1. The van der Waals surface area contributed by atoms with Crippen molar-refractivity contribution in [1.29, 1.82) is 0 Å². The third kappa shape index (κ3) is 8.36. The predicted octanol–water partition coefficient (Wildman–Crippen LogP) is 6.76. The van der Waals surface area contributed by atoms with Crippen molar-refractivity contribution in [2.75, 3.05) is 33.3 Å². The Kier molecular flexibility index (Phi) is 10.8. The fourth-order valence-electron chi connectivity index (χ4n) is 5.58. The Bertz CT molecular complexity index is 1430. The minimum Gasteiger partial charge on any atom is -0.496 e. The molecule has 242 valence electrons. The molecule has 2 unspecified atom stereocenters. The fourth-order valence-corrected chi connectivity index (χ4v) is 5.58. The number of hydrogen-bond donors (Lipinski definition) is 1. The molecule has 4 rings (SSSR count). The average molecular weight is 636 g/mol. The second kappa shape index (κ2) is 14.4. The molecule has 0 saturated carbocycles. The summed E-state index contributed by atoms with van der Waals surface area (Å²) in [7, 11) is 1.59. The molecule has 0 radical (unpaired) electrons. The van der Waals surface area contributed by atoms with Crippen LogP contribution < -0.4 is 10.1 Å². The summed E-state index contributed by atoms with van der Waals surface area (Å²) in [6.07, 6.45) is -8.85. The van der Waals surface area contributed by atoms with Gasteiger partial charge >= 0.3 is 12.4 Å². The van der Waals surface area contributed by atoms with Crippen LogP contribution >= 0.6 is 0 Å². The van der Waals surface area contributed by atoms with Crippen molar-refractivity contribution in [2.45, 2.75) is 50.6 Å². The standard InChI is InChI=1S/C33H35F6N3O3/c1-3-27(40-15-13-23-11-7-8-12-29(23)45-2)31(44)41-16-14-28(22-9-5-4-6-10-22)42(18-17-41)30(43)24-19-25(32(34,35)36)21-26(20-24)33(37,38)39/h4-12,19-21,27-28,40H,3,13-18H2,1-2H3. The minimum absolute atomic E-state index is 0.0000503. The van der Waals surface area contributed by atoms with Crippen LogP contribution in [0, 0.1) is 0 Å². The van der Waals surface area contributed by atoms with Crippen LogP contribution in [0.15, 0.2) is 72.8 Å². The highest BCUT2D eigenvalue weighted by atomic mass is 19.4. The van der Waals surface area contributed by atoms with Crippen molar-refractivity contribution in [1.82, 2.24) is 15.1 Å². The van der Waals surface area contributed by atoms with Crippen LogP contribution in [-0.2, 0) is 23.6 Å². The summed E-state index contributed by atoms with van der Waals surface area (Å²) >= 11 is 0. The van der Waals surface area contributed by atoms with Crippen LogP contribution in [0.3, 0.4) is 0 Å². The number of amides is 2. The molecular weight excluding hydrogens is 600 g/mol. The zero-order valence-electron chi connectivity index (χ0n) is 24.9. The van der Waals surface area contributed by atoms with Gasteiger partial charge in [0, 0.05) is 31.7 Å². The van der Waals surface area contributed by atoms with E-state index in [1.165, 1.54) is 4.90 Å². The first-order chi connectivity index (χ1) is 21.3. The molecule has 2 amide bonds. The highest BCUT2D eigenvalue weighted by Crippen LogP contribution is 2.37. The third-order valence-electron chi connectivity index (χ3n) is 7.93. The average Bonchev–Trinajstić information content (AvgIpc) is 3.25. The van der Waals surface area contributed by atoms with E-state index >= 15 is 0 Å². The van der Waals surface area contributed by atoms with Crippen molar-refractivity contribution in [3.63, 3.8) is 0 Å². The van der Waals surface area contributed by atoms with E-state index in [1.807, 2.05) is 31.2 Å². The number of benzene rings is 3. The molecule has 6 nitrogen and oxygen atoms in total. The Labute approximate surface area is 258 Å². The first kappa shape index (κ1) is 33.8. The summed E-state index contributed by atoms with van der Waals surface area (Å²) in [6, 6.07) is 16.0. The van der Waals surface area contributed by atoms with Gasteiger partial charge < -0.3 is 19.9 Å². The molecule has 0 spiro atoms. The molecule has 1 saturated heterocycles. The summed E-state index contributed by atoms with van der Waals surface area (Å²) < 4.78 is 86.8. The predicted molar refractivity (Wildman–Crippen MR) is 157 cm³/mol. The van der Waals surface area contributed by atoms with Gasteiger partial charge in [0.15, 0.2) is 0 Å². The summed E-state index contributed by atoms with van der Waals surface area (Å²) in [6.45, 7) is 2.57. The molecule has 1 aliphatic rings. The third-order valence-corrected chi connectivity index (χ3v) is 7.93. The maximum atomic E-state index is 13.8. The second-order valence-corrected chi connectivity index (χ2v) is 10.8. The van der Waals surface area contributed by atoms with Gasteiger partial charge in [0.1, 0.15) is 5.75 Å². The van der Waals surface area contributed by atoms with E-state index in [0.717, 1.165) is 11.3 Å². The van der Waals surface area contributed by atoms with E-state index in [-0.39, 0.29) is 38.0 Å². The SMILES string of the molecule is CCC(NCCc1ccccc1OC)C(=O)N1CCC(c2ccccc2)N(C(=O)c2cc(C(F)(F)F)cc(C(F)(F)F)c2)CC1. The highest BCUT2D eigenvalue weighted by molar-refractivity contribution is 5.95. The number of alkyl halides is 6. The first-order valence-electron chi connectivity index (χ1n) is 14.6. The summed E-state index contributed by atoms with van der Waals surface area (Å²) in [5, 5.41) is 3.29. The number of para-hydroxylation sites is 1. The van der Waals surface area contributed by atoms with Crippen LogP contribution in [-0.4, -0.2) is 60.9 Å². The van der Waals surface area contributed by atoms with Gasteiger partial charge in [-0.25, -0.2) is 0 Å². The molecule has 1 aliphatic heterocycles. The molecular formula is C33H35F6N3O3. The van der Waals surface area contributed by atoms with E-state index in [2.05, 4.69) is 5.32 Å². The van der Waals surface area contributed by atoms with Gasteiger partial charge in [-0.1, -0.05) is 55.5 Å². The van der Waals surface area contributed by atoms with Crippen LogP contribution in [0.1, 0.15) is 58.4 Å². The Morgan fingerprint density at radius 3 is 2.11 bits per heavy atom. The summed E-state index contributed by atoms with van der Waals surface area (Å²) in [5.41, 5.74) is -2.21. The Morgan fingerprint density at radius 2 is 1.51 bits per heavy atom. The molecule has 2 atom stereocenters. The van der Waals surface area contributed by atoms with E-state index in [4.69, 9.17) is 4.74 Å². The van der Waals surface area contributed by atoms with Crippen LogP contribution in [0.5, 0.6) is 5.75 Å². The van der Waals surface area contributed by atoms with Gasteiger partial charge in [0.05, 0.1) is 30.3 Å². The Morgan fingerprint density at radius 1 is 0.889 bits per heavy atom. The van der Waals surface area contributed by atoms with Gasteiger partial charge in [0.25, 0.3) is 5.91 Å². The van der Waals surface area contributed by atoms with Crippen molar-refractivity contribution in [2.24, 2.45) is 0 Å². The summed E-state index contributed by atoms with van der Waals surface area (Å²) in [5.74, 6) is -0.431. The van der Waals surface area contributed by atoms with Gasteiger partial charge in [-0.2, -0.15) is 26.3 Å². The monoisotopic (exact) mass is 635 g/mol. The largest absolute Gasteiger partial charge is 0.496 e. The lowest BCUT2D eigenvalue weighted by molar-refractivity contribution is -0.143. The molecule has 3 aromatic carbocycles. The normalized spacial score (nSPS) is 16.7. The molecule has 1 fully saturated rings. The lowest BCUT2D eigenvalue weighted by Crippen LogP contribution is -2.48. The lowest BCUT2D eigenvalue weighted by Gasteiger charge is -2.30. The van der Waals surface area contributed by atoms with Crippen molar-refractivity contribution in [3.8, 4) is 5.75 Å². The fraction of sp³-hybridized carbons (Fsp3) is 0.394. The first-order valence-corrected chi connectivity index (χ1v) is 14.6. The maximum absolute atomic E-state index is 13.8. The molecule has 45 heavy (non-hydrogen) atoms. The number of hydrogen-bond acceptors (Lipinski definition) is 4. The number of nitrogens with zero attached hydrogens (tertiary/aromatic N) is 2. The quantitative estimate of drug-likeness (QED) is 0.264. The molecule has 3 aromatic rings. The minimum atomic E-state index is -5.09. The lowest BCUT2D eigenvalue weighted by atomic mass is 9.99. The van der Waals surface area contributed by atoms with Crippen molar-refractivity contribution in [3.05, 3.63) is 101 Å². The maximum Gasteiger partial charge on any atom is 0.416 e. The van der Waals surface area contributed by atoms with Gasteiger partial charge in [-0.3, -0.25) is 9.59 Å². The summed E-state index contributed by atoms with van der Waals surface area (Å²) in [4.78, 5) is 30.3. The Hall–Kier alpha value is -4.06. The Balaban J connectivity index is 1.57. The van der Waals surface area contributed by atoms with E-state index < -0.39 is 47.0 Å². The topological polar surface area (TPSA) is 61.9 Å². The number of carbonyl (C=O) groups is 2. The highest BCUT2D eigenvalue weighted by Gasteiger charge is 2.39. The molecule has 0 aromatic heterocycles. The van der Waals surface area contributed by atoms with Crippen LogP contribution in [0.4, 0.5) is 26.3 Å². The number of rotatable bonds is 9. The van der Waals surface area contributed by atoms with E-state index in [0.29, 0.717) is 37.1 Å². The van der Waals surface area contributed by atoms with Crippen LogP contribution in [0.2, 0.25) is 0 Å². The number of ether oxygens (including phenoxy) is 1. The zero-order chi connectivity index (χ0) is 32.8. The zero-order valence-corrected chi connectivity index (χ0v) is 24.9. The van der Waals surface area contributed by atoms with Crippen molar-refractivity contribution < 1.29 is 40.7 Å². The van der Waals surface area contributed by atoms with Gasteiger partial charge in [0.2, 0.25) is 5.91 Å². The number of carbonyl (C=O) groups excluding carboxylic acids is 2. The van der Waals surface area contributed by atoms with E-state index in [1.54, 1.807) is 42.3 Å². The molecule has 1 heterocycles. The van der Waals surface area contributed by atoms with Crippen molar-refractivity contribution >= 4 is 11.8 Å². The van der Waals surface area contributed by atoms with Gasteiger partial charge in [-0.05, 0) is 54.7 Å². The number of nitrogens with one attached hydrogen (secondary N) is 1. The molecule has 1 N–H and O–H groups in total. The van der Waals surface area contributed by atoms with Crippen LogP contribution in [0.25, 0.3) is 0 Å². The van der Waals surface area contributed by atoms with E-state index in [9.17, 15) is 35.9 Å². The molecule has 0 bridgehead atoms. The second-order valence-electron chi connectivity index (χ2n) is 10.8. The number of halogens is 6. The molecule has 12 heteroatoms. The smallest absolute Gasteiger partial charge is 0.416 e. The molecule has 0 aliphatic carbocycles.